The Bertz CT molecular complexity index is 1340. The zero-order chi connectivity index (χ0) is 26.5. The molecule has 0 atom stereocenters. The topological polar surface area (TPSA) is 82.2 Å². The largest absolute Gasteiger partial charge is 0.351 e. The smallest absolute Gasteiger partial charge is 0.328 e. The van der Waals surface area contributed by atoms with E-state index in [1.165, 1.54) is 4.90 Å². The highest BCUT2D eigenvalue weighted by atomic mass is 35.5. The van der Waals surface area contributed by atoms with Crippen LogP contribution in [0.1, 0.15) is 46.1 Å². The molecule has 7 nitrogen and oxygen atoms in total. The van der Waals surface area contributed by atoms with E-state index >= 15 is 0 Å². The summed E-state index contributed by atoms with van der Waals surface area (Å²) in [5, 5.41) is 11.4. The first kappa shape index (κ1) is 26.0. The molecule has 37 heavy (non-hydrogen) atoms. The van der Waals surface area contributed by atoms with Crippen molar-refractivity contribution in [2.45, 2.75) is 64.2 Å². The summed E-state index contributed by atoms with van der Waals surface area (Å²) in [7, 11) is 0. The van der Waals surface area contributed by atoms with Gasteiger partial charge in [-0.05, 0) is 58.7 Å². The van der Waals surface area contributed by atoms with E-state index in [1.807, 2.05) is 24.3 Å². The molecule has 10 heteroatoms. The first-order valence-electron chi connectivity index (χ1n) is 12.2. The second kappa shape index (κ2) is 9.62. The van der Waals surface area contributed by atoms with Crippen LogP contribution < -0.4 is 20.9 Å². The normalized spacial score (nSPS) is 18.8. The van der Waals surface area contributed by atoms with Crippen molar-refractivity contribution < 1.29 is 4.79 Å². The molecule has 0 bridgehead atoms. The first-order valence-corrected chi connectivity index (χ1v) is 13.3. The second-order valence-electron chi connectivity index (χ2n) is 10.9. The first-order chi connectivity index (χ1) is 17.4. The van der Waals surface area contributed by atoms with Crippen molar-refractivity contribution in [3.05, 3.63) is 63.1 Å². The predicted molar refractivity (Wildman–Crippen MR) is 151 cm³/mol. The molecule has 0 radical (unpaired) electrons. The fraction of sp³-hybridized carbons (Fsp3) is 0.370. The Morgan fingerprint density at radius 3 is 2.19 bits per heavy atom. The molecule has 3 N–H and O–H groups in total. The van der Waals surface area contributed by atoms with Crippen LogP contribution in [0.3, 0.4) is 0 Å². The van der Waals surface area contributed by atoms with Gasteiger partial charge in [0.15, 0.2) is 5.82 Å². The average molecular weight is 560 g/mol. The number of piperidine rings is 1. The molecule has 1 fully saturated rings. The maximum absolute atomic E-state index is 13.2. The fourth-order valence-corrected chi connectivity index (χ4v) is 6.41. The van der Waals surface area contributed by atoms with Gasteiger partial charge in [-0.15, -0.1) is 0 Å². The zero-order valence-corrected chi connectivity index (χ0v) is 23.4. The van der Waals surface area contributed by atoms with Crippen LogP contribution in [0.2, 0.25) is 15.1 Å². The van der Waals surface area contributed by atoms with E-state index in [0.717, 1.165) is 24.0 Å². The summed E-state index contributed by atoms with van der Waals surface area (Å²) < 4.78 is 0. The van der Waals surface area contributed by atoms with Gasteiger partial charge in [0.25, 0.3) is 0 Å². The van der Waals surface area contributed by atoms with Gasteiger partial charge >= 0.3 is 6.03 Å². The number of carbonyl (C=O) groups excluding carboxylic acids is 1. The summed E-state index contributed by atoms with van der Waals surface area (Å²) in [5.74, 6) is 0.827. The quantitative estimate of drug-likeness (QED) is 0.315. The monoisotopic (exact) mass is 558 g/mol. The standard InChI is InChI=1S/C27H29Cl3N6O/c1-26(2)12-15(13-27(3,4)35-26)32-24-33-21(16-8-5-6-9-18(16)28)17-14-31-25(37)36(23(17)34-24)22-19(29)10-7-11-20(22)30/h5-11,15,35H,12-14H2,1-4H3,(H,31,37)(H,32,33,34). The van der Waals surface area contributed by atoms with Gasteiger partial charge < -0.3 is 16.0 Å². The Morgan fingerprint density at radius 1 is 0.919 bits per heavy atom. The molecule has 2 amide bonds. The number of aromatic nitrogens is 2. The molecule has 2 aromatic carbocycles. The minimum Gasteiger partial charge on any atom is -0.351 e. The van der Waals surface area contributed by atoms with Crippen molar-refractivity contribution in [1.29, 1.82) is 0 Å². The molecular formula is C27H29Cl3N6O. The lowest BCUT2D eigenvalue weighted by atomic mass is 9.80. The zero-order valence-electron chi connectivity index (χ0n) is 21.1. The number of carbonyl (C=O) groups is 1. The molecule has 5 rings (SSSR count). The Labute approximate surface area is 231 Å². The highest BCUT2D eigenvalue weighted by Gasteiger charge is 2.39. The van der Waals surface area contributed by atoms with Crippen molar-refractivity contribution in [2.75, 3.05) is 10.2 Å². The summed E-state index contributed by atoms with van der Waals surface area (Å²) in [6.07, 6.45) is 1.75. The molecule has 0 spiro atoms. The molecule has 1 saturated heterocycles. The third kappa shape index (κ3) is 5.23. The number of anilines is 3. The van der Waals surface area contributed by atoms with Crippen LogP contribution >= 0.6 is 34.8 Å². The van der Waals surface area contributed by atoms with Gasteiger partial charge in [-0.1, -0.05) is 59.1 Å². The SMILES string of the molecule is CC1(C)CC(Nc2nc(-c3ccccc3Cl)c3c(n2)N(c2c(Cl)cccc2Cl)C(=O)NC3)CC(C)(C)N1. The maximum atomic E-state index is 13.2. The van der Waals surface area contributed by atoms with Crippen molar-refractivity contribution in [1.82, 2.24) is 20.6 Å². The van der Waals surface area contributed by atoms with E-state index in [4.69, 9.17) is 44.8 Å². The Morgan fingerprint density at radius 2 is 1.54 bits per heavy atom. The number of rotatable bonds is 4. The third-order valence-electron chi connectivity index (χ3n) is 6.63. The lowest BCUT2D eigenvalue weighted by Crippen LogP contribution is -2.60. The summed E-state index contributed by atoms with van der Waals surface area (Å²) >= 11 is 19.7. The number of nitrogens with zero attached hydrogens (tertiary/aromatic N) is 3. The number of urea groups is 1. The number of fused-ring (bicyclic) bond motifs is 1. The Kier molecular flexibility index (Phi) is 6.77. The van der Waals surface area contributed by atoms with Gasteiger partial charge in [-0.25, -0.2) is 14.7 Å². The van der Waals surface area contributed by atoms with E-state index in [-0.39, 0.29) is 29.7 Å². The molecule has 3 heterocycles. The van der Waals surface area contributed by atoms with Crippen molar-refractivity contribution >= 4 is 58.3 Å². The Hall–Kier alpha value is -2.58. The number of halogens is 3. The molecule has 3 aromatic rings. The molecule has 0 aliphatic carbocycles. The van der Waals surface area contributed by atoms with Gasteiger partial charge in [0.2, 0.25) is 5.95 Å². The summed E-state index contributed by atoms with van der Waals surface area (Å²) in [6.45, 7) is 9.00. The fourth-order valence-electron chi connectivity index (χ4n) is 5.62. The number of amides is 2. The van der Waals surface area contributed by atoms with Crippen molar-refractivity contribution in [3.8, 4) is 11.3 Å². The van der Waals surface area contributed by atoms with E-state index in [2.05, 4.69) is 43.6 Å². The van der Waals surface area contributed by atoms with Gasteiger partial charge in [-0.3, -0.25) is 0 Å². The van der Waals surface area contributed by atoms with Crippen LogP contribution in [0, 0.1) is 0 Å². The van der Waals surface area contributed by atoms with E-state index in [0.29, 0.717) is 38.2 Å². The van der Waals surface area contributed by atoms with E-state index < -0.39 is 0 Å². The minimum atomic E-state index is -0.374. The molecule has 194 valence electrons. The number of nitrogens with one attached hydrogen (secondary N) is 3. The minimum absolute atomic E-state index is 0.0732. The number of para-hydroxylation sites is 1. The van der Waals surface area contributed by atoms with Crippen molar-refractivity contribution in [2.24, 2.45) is 0 Å². The average Bonchev–Trinajstić information content (AvgIpc) is 2.78. The molecule has 0 unspecified atom stereocenters. The van der Waals surface area contributed by atoms with Gasteiger partial charge in [-0.2, -0.15) is 4.98 Å². The lowest BCUT2D eigenvalue weighted by Gasteiger charge is -2.46. The summed E-state index contributed by atoms with van der Waals surface area (Å²) in [5.41, 5.74) is 2.33. The predicted octanol–water partition coefficient (Wildman–Crippen LogP) is 7.19. The van der Waals surface area contributed by atoms with Crippen LogP contribution in [-0.4, -0.2) is 33.1 Å². The van der Waals surface area contributed by atoms with Crippen molar-refractivity contribution in [3.63, 3.8) is 0 Å². The number of benzene rings is 2. The molecule has 1 aromatic heterocycles. The maximum Gasteiger partial charge on any atom is 0.328 e. The summed E-state index contributed by atoms with van der Waals surface area (Å²) in [4.78, 5) is 24.5. The number of hydrogen-bond donors (Lipinski definition) is 3. The lowest BCUT2D eigenvalue weighted by molar-refractivity contribution is 0.170. The third-order valence-corrected chi connectivity index (χ3v) is 7.57. The number of hydrogen-bond acceptors (Lipinski definition) is 5. The van der Waals surface area contributed by atoms with Gasteiger partial charge in [0.05, 0.1) is 28.0 Å². The molecule has 0 saturated carbocycles. The Balaban J connectivity index is 1.68. The van der Waals surface area contributed by atoms with Crippen LogP contribution in [0.4, 0.5) is 22.2 Å². The molecule has 2 aliphatic heterocycles. The van der Waals surface area contributed by atoms with Crippen LogP contribution in [-0.2, 0) is 6.54 Å². The molecular weight excluding hydrogens is 531 g/mol. The summed E-state index contributed by atoms with van der Waals surface area (Å²) in [6, 6.07) is 12.4. The van der Waals surface area contributed by atoms with Crippen LogP contribution in [0.15, 0.2) is 42.5 Å². The second-order valence-corrected chi connectivity index (χ2v) is 12.1. The van der Waals surface area contributed by atoms with E-state index in [1.54, 1.807) is 18.2 Å². The highest BCUT2D eigenvalue weighted by molar-refractivity contribution is 6.40. The highest BCUT2D eigenvalue weighted by Crippen LogP contribution is 2.43. The van der Waals surface area contributed by atoms with Crippen LogP contribution in [0.5, 0.6) is 0 Å². The van der Waals surface area contributed by atoms with E-state index in [9.17, 15) is 4.79 Å². The van der Waals surface area contributed by atoms with Crippen LogP contribution in [0.25, 0.3) is 11.3 Å². The molecule has 2 aliphatic rings. The van der Waals surface area contributed by atoms with Gasteiger partial charge in [0.1, 0.15) is 0 Å². The van der Waals surface area contributed by atoms with Gasteiger partial charge in [0, 0.05) is 33.3 Å².